The van der Waals surface area contributed by atoms with Crippen molar-refractivity contribution in [2.45, 2.75) is 12.8 Å². The van der Waals surface area contributed by atoms with Gasteiger partial charge in [0.2, 0.25) is 0 Å². The Morgan fingerprint density at radius 2 is 2.00 bits per heavy atom. The first-order valence-corrected chi connectivity index (χ1v) is 12.7. The van der Waals surface area contributed by atoms with E-state index in [1.807, 2.05) is 12.1 Å². The molecule has 2 aromatic heterocycles. The van der Waals surface area contributed by atoms with Gasteiger partial charge in [-0.2, -0.15) is 4.98 Å². The minimum atomic E-state index is -0.676. The van der Waals surface area contributed by atoms with Crippen LogP contribution >= 0.6 is 0 Å². The van der Waals surface area contributed by atoms with Crippen molar-refractivity contribution in [3.63, 3.8) is 0 Å². The van der Waals surface area contributed by atoms with E-state index in [-0.39, 0.29) is 5.69 Å². The maximum atomic E-state index is 15.3. The second-order valence-corrected chi connectivity index (χ2v) is 9.67. The zero-order chi connectivity index (χ0) is 27.5. The van der Waals surface area contributed by atoms with E-state index in [9.17, 15) is 4.79 Å². The molecule has 200 valence electrons. The molecular formula is C29H29FN6O3. The Kier molecular flexibility index (Phi) is 7.43. The summed E-state index contributed by atoms with van der Waals surface area (Å²) in [6, 6.07) is 12.1. The predicted molar refractivity (Wildman–Crippen MR) is 147 cm³/mol. The molecule has 1 aliphatic rings. The third-order valence-corrected chi connectivity index (χ3v) is 7.00. The first kappa shape index (κ1) is 26.1. The number of likely N-dealkylation sites (tertiary alicyclic amines) is 1. The number of imidazole rings is 1. The molecule has 0 unspecified atom stereocenters. The molecule has 1 atom stereocenters. The Bertz CT molecular complexity index is 1550. The van der Waals surface area contributed by atoms with E-state index in [4.69, 9.17) is 21.0 Å². The van der Waals surface area contributed by atoms with Gasteiger partial charge in [-0.05, 0) is 49.7 Å². The van der Waals surface area contributed by atoms with Crippen LogP contribution in [0.1, 0.15) is 12.8 Å². The molecule has 0 bridgehead atoms. The van der Waals surface area contributed by atoms with Gasteiger partial charge in [-0.3, -0.25) is 9.30 Å². The molecule has 0 radical (unpaired) electrons. The molecule has 0 aliphatic carbocycles. The summed E-state index contributed by atoms with van der Waals surface area (Å²) in [5.41, 5.74) is 3.56. The second-order valence-electron chi connectivity index (χ2n) is 9.67. The summed E-state index contributed by atoms with van der Waals surface area (Å²) in [5, 5.41) is 0. The van der Waals surface area contributed by atoms with E-state index in [1.165, 1.54) is 26.3 Å². The van der Waals surface area contributed by atoms with Crippen molar-refractivity contribution in [1.82, 2.24) is 19.3 Å². The number of carbonyl (C=O) groups is 1. The van der Waals surface area contributed by atoms with Crippen molar-refractivity contribution >= 4 is 23.1 Å². The highest BCUT2D eigenvalue weighted by Crippen LogP contribution is 2.38. The maximum absolute atomic E-state index is 15.3. The summed E-state index contributed by atoms with van der Waals surface area (Å²) in [4.78, 5) is 28.4. The van der Waals surface area contributed by atoms with Crippen molar-refractivity contribution in [2.24, 2.45) is 5.92 Å². The van der Waals surface area contributed by atoms with Crippen molar-refractivity contribution in [1.29, 1.82) is 0 Å². The number of piperidine rings is 1. The van der Waals surface area contributed by atoms with Crippen molar-refractivity contribution in [3.05, 3.63) is 72.1 Å². The SMILES string of the molecule is [C-]#[N+]c1ccc(-c2nc(OC[C@@H]3CCCN(C)C3)n3ccnc3c2-c2ccc(N(C)C(=O)OC)c(F)c2)cc1. The molecule has 9 nitrogen and oxygen atoms in total. The molecular weight excluding hydrogens is 499 g/mol. The number of rotatable bonds is 6. The van der Waals surface area contributed by atoms with Gasteiger partial charge >= 0.3 is 12.1 Å². The molecule has 1 amide bonds. The van der Waals surface area contributed by atoms with Crippen LogP contribution in [0.15, 0.2) is 54.9 Å². The second kappa shape index (κ2) is 11.1. The molecule has 4 aromatic rings. The lowest BCUT2D eigenvalue weighted by Gasteiger charge is -2.29. The number of aromatic nitrogens is 3. The van der Waals surface area contributed by atoms with Gasteiger partial charge in [0.1, 0.15) is 5.82 Å². The highest BCUT2D eigenvalue weighted by Gasteiger charge is 2.23. The van der Waals surface area contributed by atoms with Crippen LogP contribution in [0, 0.1) is 18.3 Å². The van der Waals surface area contributed by atoms with E-state index in [2.05, 4.69) is 21.8 Å². The Morgan fingerprint density at radius 1 is 1.23 bits per heavy atom. The monoisotopic (exact) mass is 528 g/mol. The molecule has 0 saturated carbocycles. The van der Waals surface area contributed by atoms with Crippen LogP contribution in [-0.2, 0) is 4.74 Å². The number of hydrogen-bond acceptors (Lipinski definition) is 6. The summed E-state index contributed by atoms with van der Waals surface area (Å²) in [5.74, 6) is -0.209. The third kappa shape index (κ3) is 5.26. The Balaban J connectivity index is 1.62. The lowest BCUT2D eigenvalue weighted by molar-refractivity contribution is 0.143. The number of nitrogens with zero attached hydrogens (tertiary/aromatic N) is 6. The number of amides is 1. The predicted octanol–water partition coefficient (Wildman–Crippen LogP) is 5.68. The van der Waals surface area contributed by atoms with Gasteiger partial charge in [0.05, 0.1) is 37.2 Å². The maximum Gasteiger partial charge on any atom is 0.413 e. The minimum Gasteiger partial charge on any atom is -0.464 e. The van der Waals surface area contributed by atoms with E-state index in [0.717, 1.165) is 36.4 Å². The standard InChI is InChI=1S/C29H29FN6O3/c1-31-22-10-7-20(8-11-22)26-25(21-9-12-24(23(30)16-21)35(3)29(37)38-4)27-32-13-15-36(27)28(33-26)39-18-19-6-5-14-34(2)17-19/h7-13,15-16,19H,5-6,14,17-18H2,2-4H3/t19-/m1/s1. The van der Waals surface area contributed by atoms with E-state index in [1.54, 1.807) is 35.0 Å². The molecule has 5 rings (SSSR count). The molecule has 2 aromatic carbocycles. The molecule has 10 heteroatoms. The number of carbonyl (C=O) groups excluding carboxylic acids is 1. The van der Waals surface area contributed by atoms with Gasteiger partial charge < -0.3 is 14.4 Å². The fourth-order valence-corrected chi connectivity index (χ4v) is 5.00. The van der Waals surface area contributed by atoms with Crippen molar-refractivity contribution < 1.29 is 18.7 Å². The lowest BCUT2D eigenvalue weighted by Crippen LogP contribution is -2.35. The topological polar surface area (TPSA) is 76.6 Å². The Labute approximate surface area is 226 Å². The fourth-order valence-electron chi connectivity index (χ4n) is 5.00. The molecule has 0 spiro atoms. The summed E-state index contributed by atoms with van der Waals surface area (Å²) >= 11 is 0. The normalized spacial score (nSPS) is 15.6. The third-order valence-electron chi connectivity index (χ3n) is 7.00. The Hall–Kier alpha value is -4.49. The molecule has 1 fully saturated rings. The van der Waals surface area contributed by atoms with Gasteiger partial charge in [0.25, 0.3) is 0 Å². The first-order chi connectivity index (χ1) is 18.9. The summed E-state index contributed by atoms with van der Waals surface area (Å²) < 4.78 is 28.1. The lowest BCUT2D eigenvalue weighted by atomic mass is 9.99. The summed E-state index contributed by atoms with van der Waals surface area (Å²) in [6.45, 7) is 9.86. The molecule has 0 N–H and O–H groups in total. The smallest absolute Gasteiger partial charge is 0.413 e. The number of anilines is 1. The highest BCUT2D eigenvalue weighted by molar-refractivity contribution is 5.92. The molecule has 1 aliphatic heterocycles. The van der Waals surface area contributed by atoms with E-state index >= 15 is 4.39 Å². The van der Waals surface area contributed by atoms with Crippen LogP contribution in [0.25, 0.3) is 32.9 Å². The van der Waals surface area contributed by atoms with Gasteiger partial charge in [-0.15, -0.1) is 0 Å². The van der Waals surface area contributed by atoms with Crippen LogP contribution in [0.4, 0.5) is 20.6 Å². The van der Waals surface area contributed by atoms with Gasteiger partial charge in [-0.1, -0.05) is 30.3 Å². The number of fused-ring (bicyclic) bond motifs is 1. The van der Waals surface area contributed by atoms with Crippen LogP contribution in [0.3, 0.4) is 0 Å². The minimum absolute atomic E-state index is 0.0817. The van der Waals surface area contributed by atoms with Crippen molar-refractivity contribution in [2.75, 3.05) is 45.8 Å². The molecule has 3 heterocycles. The van der Waals surface area contributed by atoms with E-state index < -0.39 is 11.9 Å². The van der Waals surface area contributed by atoms with Gasteiger partial charge in [-0.25, -0.2) is 19.0 Å². The zero-order valence-electron chi connectivity index (χ0n) is 22.1. The van der Waals surface area contributed by atoms with Crippen LogP contribution in [0.5, 0.6) is 6.01 Å². The zero-order valence-corrected chi connectivity index (χ0v) is 22.1. The average molecular weight is 529 g/mol. The van der Waals surface area contributed by atoms with Crippen LogP contribution in [-0.4, -0.2) is 66.3 Å². The van der Waals surface area contributed by atoms with Crippen LogP contribution in [0.2, 0.25) is 0 Å². The van der Waals surface area contributed by atoms with Gasteiger partial charge in [0, 0.05) is 31.9 Å². The van der Waals surface area contributed by atoms with Crippen molar-refractivity contribution in [3.8, 4) is 28.4 Å². The van der Waals surface area contributed by atoms with E-state index in [0.29, 0.717) is 46.7 Å². The number of ether oxygens (including phenoxy) is 2. The Morgan fingerprint density at radius 3 is 2.69 bits per heavy atom. The number of benzene rings is 2. The summed E-state index contributed by atoms with van der Waals surface area (Å²) in [7, 11) is 4.80. The molecule has 1 saturated heterocycles. The number of halogens is 1. The summed E-state index contributed by atoms with van der Waals surface area (Å²) in [6.07, 6.45) is 4.97. The van der Waals surface area contributed by atoms with Gasteiger partial charge in [0.15, 0.2) is 11.3 Å². The number of hydrogen-bond donors (Lipinski definition) is 0. The highest BCUT2D eigenvalue weighted by atomic mass is 19.1. The number of methoxy groups -OCH3 is 1. The quantitative estimate of drug-likeness (QED) is 0.300. The fraction of sp³-hybridized carbons (Fsp3) is 0.310. The first-order valence-electron chi connectivity index (χ1n) is 12.7. The largest absolute Gasteiger partial charge is 0.464 e. The van der Waals surface area contributed by atoms with Crippen LogP contribution < -0.4 is 9.64 Å². The molecule has 39 heavy (non-hydrogen) atoms. The average Bonchev–Trinajstić information content (AvgIpc) is 3.45.